The summed E-state index contributed by atoms with van der Waals surface area (Å²) in [6.45, 7) is 4.79. The Hall–Kier alpha value is -4.37. The molecule has 3 heterocycles. The molecule has 0 atom stereocenters. The highest BCUT2D eigenvalue weighted by Gasteiger charge is 2.18. The first-order chi connectivity index (χ1) is 17.1. The summed E-state index contributed by atoms with van der Waals surface area (Å²) in [6.07, 6.45) is 3.24. The second-order valence-corrected chi connectivity index (χ2v) is 8.14. The van der Waals surface area contributed by atoms with E-state index in [9.17, 15) is 4.79 Å². The molecule has 0 spiro atoms. The number of benzene rings is 2. The van der Waals surface area contributed by atoms with Crippen molar-refractivity contribution < 1.29 is 9.53 Å². The first-order valence-electron chi connectivity index (χ1n) is 11.4. The molecule has 0 radical (unpaired) electrons. The van der Waals surface area contributed by atoms with Gasteiger partial charge in [0, 0.05) is 48.0 Å². The van der Waals surface area contributed by atoms with Gasteiger partial charge in [0.2, 0.25) is 5.95 Å². The lowest BCUT2D eigenvalue weighted by Gasteiger charge is -2.27. The number of carbonyl (C=O) groups excluding carboxylic acids is 1. The summed E-state index contributed by atoms with van der Waals surface area (Å²) in [5.41, 5.74) is 4.25. The lowest BCUT2D eigenvalue weighted by atomic mass is 10.1. The van der Waals surface area contributed by atoms with E-state index in [1.165, 1.54) is 5.56 Å². The third-order valence-corrected chi connectivity index (χ3v) is 5.57. The number of urea groups is 1. The van der Waals surface area contributed by atoms with E-state index in [1.807, 2.05) is 48.5 Å². The van der Waals surface area contributed by atoms with Gasteiger partial charge in [-0.3, -0.25) is 4.98 Å². The number of aromatic nitrogens is 4. The SMILES string of the molecule is Cc1ccc(-c2nc(-c3ccc(NC(=O)Nc4ccncc4)cc3)nc(N3CCOCC3)n2)cc1. The van der Waals surface area contributed by atoms with Crippen molar-refractivity contribution in [3.63, 3.8) is 0 Å². The topological polar surface area (TPSA) is 105 Å². The van der Waals surface area contributed by atoms with E-state index in [1.54, 1.807) is 24.5 Å². The summed E-state index contributed by atoms with van der Waals surface area (Å²) in [5.74, 6) is 1.83. The van der Waals surface area contributed by atoms with Crippen molar-refractivity contribution in [3.8, 4) is 22.8 Å². The lowest BCUT2D eigenvalue weighted by molar-refractivity contribution is 0.122. The Bertz CT molecular complexity index is 1290. The van der Waals surface area contributed by atoms with Crippen molar-refractivity contribution in [2.45, 2.75) is 6.92 Å². The molecule has 2 aromatic heterocycles. The molecule has 0 saturated carbocycles. The van der Waals surface area contributed by atoms with Crippen molar-refractivity contribution in [3.05, 3.63) is 78.6 Å². The van der Waals surface area contributed by atoms with Gasteiger partial charge in [0.1, 0.15) is 0 Å². The molecule has 0 aliphatic carbocycles. The molecule has 176 valence electrons. The number of aryl methyl sites for hydroxylation is 1. The van der Waals surface area contributed by atoms with Crippen LogP contribution in [0, 0.1) is 6.92 Å². The molecule has 2 aromatic carbocycles. The first kappa shape index (κ1) is 22.4. The largest absolute Gasteiger partial charge is 0.378 e. The molecule has 4 aromatic rings. The summed E-state index contributed by atoms with van der Waals surface area (Å²) in [5, 5.41) is 5.60. The molecular weight excluding hydrogens is 442 g/mol. The highest BCUT2D eigenvalue weighted by Crippen LogP contribution is 2.25. The monoisotopic (exact) mass is 467 g/mol. The van der Waals surface area contributed by atoms with E-state index >= 15 is 0 Å². The predicted molar refractivity (Wildman–Crippen MR) is 135 cm³/mol. The average molecular weight is 468 g/mol. The molecule has 1 saturated heterocycles. The zero-order valence-electron chi connectivity index (χ0n) is 19.3. The number of carbonyl (C=O) groups is 1. The number of hydrogen-bond donors (Lipinski definition) is 2. The van der Waals surface area contributed by atoms with Crippen LogP contribution in [0.3, 0.4) is 0 Å². The van der Waals surface area contributed by atoms with Crippen molar-refractivity contribution in [2.24, 2.45) is 0 Å². The third kappa shape index (κ3) is 5.59. The molecule has 1 aliphatic heterocycles. The Labute approximate surface area is 203 Å². The van der Waals surface area contributed by atoms with Crippen LogP contribution in [0.25, 0.3) is 22.8 Å². The number of rotatable bonds is 5. The van der Waals surface area contributed by atoms with Crippen molar-refractivity contribution in [1.29, 1.82) is 0 Å². The van der Waals surface area contributed by atoms with Gasteiger partial charge in [-0.1, -0.05) is 29.8 Å². The fraction of sp³-hybridized carbons (Fsp3) is 0.192. The Morgan fingerprint density at radius 2 is 1.31 bits per heavy atom. The van der Waals surface area contributed by atoms with Gasteiger partial charge in [0.15, 0.2) is 11.6 Å². The predicted octanol–water partition coefficient (Wildman–Crippen LogP) is 4.39. The maximum absolute atomic E-state index is 12.3. The summed E-state index contributed by atoms with van der Waals surface area (Å²) in [4.78, 5) is 32.6. The normalized spacial score (nSPS) is 13.3. The average Bonchev–Trinajstić information content (AvgIpc) is 2.90. The third-order valence-electron chi connectivity index (χ3n) is 5.57. The Morgan fingerprint density at radius 1 is 0.771 bits per heavy atom. The maximum Gasteiger partial charge on any atom is 0.323 e. The molecule has 35 heavy (non-hydrogen) atoms. The van der Waals surface area contributed by atoms with Gasteiger partial charge in [-0.15, -0.1) is 0 Å². The quantitative estimate of drug-likeness (QED) is 0.448. The summed E-state index contributed by atoms with van der Waals surface area (Å²) in [7, 11) is 0. The zero-order valence-corrected chi connectivity index (χ0v) is 19.3. The Morgan fingerprint density at radius 3 is 1.91 bits per heavy atom. The second-order valence-electron chi connectivity index (χ2n) is 8.14. The molecule has 1 aliphatic rings. The van der Waals surface area contributed by atoms with Crippen LogP contribution in [0.15, 0.2) is 73.1 Å². The van der Waals surface area contributed by atoms with Crippen molar-refractivity contribution in [2.75, 3.05) is 41.8 Å². The zero-order chi connectivity index (χ0) is 24.0. The molecule has 9 nitrogen and oxygen atoms in total. The first-order valence-corrected chi connectivity index (χ1v) is 11.4. The molecular formula is C26H25N7O2. The van der Waals surface area contributed by atoms with E-state index in [2.05, 4.69) is 27.4 Å². The molecule has 5 rings (SSSR count). The minimum atomic E-state index is -0.333. The van der Waals surface area contributed by atoms with Crippen molar-refractivity contribution in [1.82, 2.24) is 19.9 Å². The van der Waals surface area contributed by atoms with Crippen LogP contribution in [0.4, 0.5) is 22.1 Å². The van der Waals surface area contributed by atoms with Crippen LogP contribution in [-0.2, 0) is 4.74 Å². The number of pyridine rings is 1. The van der Waals surface area contributed by atoms with Crippen LogP contribution in [-0.4, -0.2) is 52.3 Å². The fourth-order valence-corrected chi connectivity index (χ4v) is 3.66. The number of anilines is 3. The highest BCUT2D eigenvalue weighted by molar-refractivity contribution is 5.99. The fourth-order valence-electron chi connectivity index (χ4n) is 3.66. The Balaban J connectivity index is 1.40. The molecule has 2 amide bonds. The van der Waals surface area contributed by atoms with E-state index in [4.69, 9.17) is 19.7 Å². The van der Waals surface area contributed by atoms with E-state index in [0.717, 1.165) is 24.2 Å². The van der Waals surface area contributed by atoms with Crippen LogP contribution >= 0.6 is 0 Å². The molecule has 0 unspecified atom stereocenters. The van der Waals surface area contributed by atoms with E-state index in [-0.39, 0.29) is 6.03 Å². The van der Waals surface area contributed by atoms with E-state index < -0.39 is 0 Å². The minimum Gasteiger partial charge on any atom is -0.378 e. The molecule has 2 N–H and O–H groups in total. The maximum atomic E-state index is 12.3. The lowest BCUT2D eigenvalue weighted by Crippen LogP contribution is -2.37. The number of nitrogens with zero attached hydrogens (tertiary/aromatic N) is 5. The van der Waals surface area contributed by atoms with Gasteiger partial charge in [0.05, 0.1) is 13.2 Å². The van der Waals surface area contributed by atoms with Gasteiger partial charge >= 0.3 is 6.03 Å². The summed E-state index contributed by atoms with van der Waals surface area (Å²) >= 11 is 0. The van der Waals surface area contributed by atoms with Gasteiger partial charge in [-0.05, 0) is 43.3 Å². The van der Waals surface area contributed by atoms with Gasteiger partial charge in [0.25, 0.3) is 0 Å². The van der Waals surface area contributed by atoms with Gasteiger partial charge < -0.3 is 20.3 Å². The van der Waals surface area contributed by atoms with Gasteiger partial charge in [-0.2, -0.15) is 9.97 Å². The van der Waals surface area contributed by atoms with Gasteiger partial charge in [-0.25, -0.2) is 9.78 Å². The van der Waals surface area contributed by atoms with Crippen LogP contribution in [0.1, 0.15) is 5.56 Å². The number of nitrogens with one attached hydrogen (secondary N) is 2. The van der Waals surface area contributed by atoms with E-state index in [0.29, 0.717) is 42.2 Å². The molecule has 1 fully saturated rings. The number of hydrogen-bond acceptors (Lipinski definition) is 7. The number of amides is 2. The van der Waals surface area contributed by atoms with Crippen molar-refractivity contribution >= 4 is 23.4 Å². The number of ether oxygens (including phenoxy) is 1. The summed E-state index contributed by atoms with van der Waals surface area (Å²) in [6, 6.07) is 18.7. The Kier molecular flexibility index (Phi) is 6.58. The minimum absolute atomic E-state index is 0.333. The smallest absolute Gasteiger partial charge is 0.323 e. The van der Waals surface area contributed by atoms with Crippen LogP contribution < -0.4 is 15.5 Å². The van der Waals surface area contributed by atoms with Crippen LogP contribution in [0.5, 0.6) is 0 Å². The standard InChI is InChI=1S/C26H25N7O2/c1-18-2-4-19(5-3-18)23-30-24(32-25(31-23)33-14-16-35-17-15-33)20-6-8-21(9-7-20)28-26(34)29-22-10-12-27-13-11-22/h2-13H,14-17H2,1H3,(H2,27,28,29,34). The molecule has 9 heteroatoms. The second kappa shape index (κ2) is 10.3. The summed E-state index contributed by atoms with van der Waals surface area (Å²) < 4.78 is 5.49. The number of morpholine rings is 1. The highest BCUT2D eigenvalue weighted by atomic mass is 16.5. The molecule has 0 bridgehead atoms. The van der Waals surface area contributed by atoms with Crippen LogP contribution in [0.2, 0.25) is 0 Å².